The van der Waals surface area contributed by atoms with Crippen molar-refractivity contribution in [2.45, 2.75) is 11.4 Å². The lowest BCUT2D eigenvalue weighted by atomic mass is 10.3. The van der Waals surface area contributed by atoms with Crippen molar-refractivity contribution < 1.29 is 21.6 Å². The summed E-state index contributed by atoms with van der Waals surface area (Å²) in [4.78, 5) is 1.43. The molecule has 23 heavy (non-hydrogen) atoms. The fourth-order valence-corrected chi connectivity index (χ4v) is 4.06. The van der Waals surface area contributed by atoms with Crippen molar-refractivity contribution in [3.05, 3.63) is 54.0 Å². The van der Waals surface area contributed by atoms with E-state index in [1.807, 2.05) is 11.0 Å². The van der Waals surface area contributed by atoms with Crippen molar-refractivity contribution in [2.75, 3.05) is 26.2 Å². The fourth-order valence-electron chi connectivity index (χ4n) is 2.56. The summed E-state index contributed by atoms with van der Waals surface area (Å²) in [5, 5.41) is 0. The minimum Gasteiger partial charge on any atom is -0.468 e. The first kappa shape index (κ1) is 16.1. The van der Waals surface area contributed by atoms with Crippen molar-refractivity contribution >= 4 is 10.0 Å². The van der Waals surface area contributed by atoms with E-state index in [1.165, 1.54) is 4.31 Å². The molecule has 1 aliphatic rings. The number of benzene rings is 1. The lowest BCUT2D eigenvalue weighted by Crippen LogP contribution is -2.48. The van der Waals surface area contributed by atoms with Gasteiger partial charge in [-0.1, -0.05) is 0 Å². The zero-order valence-electron chi connectivity index (χ0n) is 12.3. The first-order valence-corrected chi connectivity index (χ1v) is 8.61. The molecule has 2 heterocycles. The van der Waals surface area contributed by atoms with Crippen LogP contribution in [0.25, 0.3) is 0 Å². The Morgan fingerprint density at radius 2 is 1.83 bits per heavy atom. The minimum absolute atomic E-state index is 0.221. The Morgan fingerprint density at radius 3 is 2.48 bits per heavy atom. The first-order chi connectivity index (χ1) is 11.0. The molecule has 124 valence electrons. The quantitative estimate of drug-likeness (QED) is 0.854. The zero-order valence-corrected chi connectivity index (χ0v) is 13.1. The molecule has 0 saturated carbocycles. The van der Waals surface area contributed by atoms with Crippen LogP contribution in [0.1, 0.15) is 5.76 Å². The average Bonchev–Trinajstić information content (AvgIpc) is 3.03. The molecule has 3 rings (SSSR count). The highest BCUT2D eigenvalue weighted by Crippen LogP contribution is 2.22. The van der Waals surface area contributed by atoms with E-state index >= 15 is 0 Å². The number of rotatable bonds is 4. The van der Waals surface area contributed by atoms with Crippen LogP contribution in [-0.2, 0) is 16.6 Å². The summed E-state index contributed by atoms with van der Waals surface area (Å²) >= 11 is 0. The highest BCUT2D eigenvalue weighted by Gasteiger charge is 2.31. The molecule has 0 bridgehead atoms. The van der Waals surface area contributed by atoms with E-state index in [1.54, 1.807) is 12.3 Å². The maximum atomic E-state index is 13.8. The number of nitrogens with zero attached hydrogens (tertiary/aromatic N) is 2. The van der Waals surface area contributed by atoms with E-state index in [0.29, 0.717) is 19.6 Å². The van der Waals surface area contributed by atoms with Crippen LogP contribution in [0.4, 0.5) is 8.78 Å². The van der Waals surface area contributed by atoms with E-state index < -0.39 is 26.6 Å². The molecule has 1 saturated heterocycles. The molecule has 1 fully saturated rings. The van der Waals surface area contributed by atoms with Crippen molar-refractivity contribution in [2.24, 2.45) is 0 Å². The molecule has 0 radical (unpaired) electrons. The third-order valence-electron chi connectivity index (χ3n) is 3.80. The second-order valence-electron chi connectivity index (χ2n) is 5.33. The Balaban J connectivity index is 1.70. The topological polar surface area (TPSA) is 53.8 Å². The van der Waals surface area contributed by atoms with Crippen LogP contribution in [0.2, 0.25) is 0 Å². The Morgan fingerprint density at radius 1 is 1.09 bits per heavy atom. The van der Waals surface area contributed by atoms with E-state index in [9.17, 15) is 17.2 Å². The molecule has 2 aromatic rings. The Bertz CT molecular complexity index is 770. The van der Waals surface area contributed by atoms with Gasteiger partial charge in [0.15, 0.2) is 0 Å². The Labute approximate surface area is 133 Å². The average molecular weight is 342 g/mol. The van der Waals surface area contributed by atoms with Crippen LogP contribution in [-0.4, -0.2) is 43.8 Å². The van der Waals surface area contributed by atoms with Crippen molar-refractivity contribution in [1.82, 2.24) is 9.21 Å². The SMILES string of the molecule is O=S(=O)(c1cc(F)ccc1F)N1CCN(Cc2ccco2)CC1. The van der Waals surface area contributed by atoms with Gasteiger partial charge in [-0.25, -0.2) is 17.2 Å². The van der Waals surface area contributed by atoms with Crippen molar-refractivity contribution in [1.29, 1.82) is 0 Å². The van der Waals surface area contributed by atoms with Crippen LogP contribution < -0.4 is 0 Å². The molecular formula is C15H16F2N2O3S. The summed E-state index contributed by atoms with van der Waals surface area (Å²) in [5.74, 6) is -0.914. The van der Waals surface area contributed by atoms with Gasteiger partial charge in [-0.2, -0.15) is 4.31 Å². The molecule has 1 aromatic heterocycles. The monoisotopic (exact) mass is 342 g/mol. The molecule has 0 unspecified atom stereocenters. The van der Waals surface area contributed by atoms with Crippen LogP contribution in [0.15, 0.2) is 45.9 Å². The molecule has 0 spiro atoms. The number of furan rings is 1. The normalized spacial score (nSPS) is 17.5. The van der Waals surface area contributed by atoms with Crippen LogP contribution >= 0.6 is 0 Å². The maximum Gasteiger partial charge on any atom is 0.246 e. The number of hydrogen-bond acceptors (Lipinski definition) is 4. The van der Waals surface area contributed by atoms with E-state index in [0.717, 1.165) is 24.0 Å². The molecule has 8 heteroatoms. The predicted molar refractivity (Wildman–Crippen MR) is 79.1 cm³/mol. The number of hydrogen-bond donors (Lipinski definition) is 0. The van der Waals surface area contributed by atoms with Crippen LogP contribution in [0, 0.1) is 11.6 Å². The van der Waals surface area contributed by atoms with E-state index in [4.69, 9.17) is 4.42 Å². The largest absolute Gasteiger partial charge is 0.468 e. The molecule has 5 nitrogen and oxygen atoms in total. The van der Waals surface area contributed by atoms with Gasteiger partial charge in [0.05, 0.1) is 12.8 Å². The van der Waals surface area contributed by atoms with E-state index in [2.05, 4.69) is 0 Å². The van der Waals surface area contributed by atoms with Gasteiger partial charge in [-0.05, 0) is 30.3 Å². The summed E-state index contributed by atoms with van der Waals surface area (Å²) in [6.45, 7) is 2.03. The van der Waals surface area contributed by atoms with Crippen molar-refractivity contribution in [3.63, 3.8) is 0 Å². The van der Waals surface area contributed by atoms with Gasteiger partial charge in [-0.15, -0.1) is 0 Å². The van der Waals surface area contributed by atoms with Gasteiger partial charge in [0, 0.05) is 26.2 Å². The smallest absolute Gasteiger partial charge is 0.246 e. The molecular weight excluding hydrogens is 326 g/mol. The number of sulfonamides is 1. The van der Waals surface area contributed by atoms with Gasteiger partial charge < -0.3 is 4.42 Å². The zero-order chi connectivity index (χ0) is 16.4. The third kappa shape index (κ3) is 3.44. The number of piperazine rings is 1. The van der Waals surface area contributed by atoms with Crippen LogP contribution in [0.3, 0.4) is 0 Å². The molecule has 0 atom stereocenters. The van der Waals surface area contributed by atoms with Gasteiger partial charge in [-0.3, -0.25) is 4.90 Å². The molecule has 0 amide bonds. The van der Waals surface area contributed by atoms with E-state index in [-0.39, 0.29) is 13.1 Å². The van der Waals surface area contributed by atoms with Crippen LogP contribution in [0.5, 0.6) is 0 Å². The van der Waals surface area contributed by atoms with Gasteiger partial charge in [0.25, 0.3) is 0 Å². The summed E-state index contributed by atoms with van der Waals surface area (Å²) in [5.41, 5.74) is 0. The van der Waals surface area contributed by atoms with Gasteiger partial charge in [0.1, 0.15) is 22.3 Å². The maximum absolute atomic E-state index is 13.8. The first-order valence-electron chi connectivity index (χ1n) is 7.17. The lowest BCUT2D eigenvalue weighted by Gasteiger charge is -2.33. The molecule has 0 N–H and O–H groups in total. The summed E-state index contributed by atoms with van der Waals surface area (Å²) < 4.78 is 58.4. The summed E-state index contributed by atoms with van der Waals surface area (Å²) in [7, 11) is -4.03. The Kier molecular flexibility index (Phi) is 4.47. The van der Waals surface area contributed by atoms with Gasteiger partial charge in [0.2, 0.25) is 10.0 Å². The molecule has 0 aliphatic carbocycles. The standard InChI is InChI=1S/C15H16F2N2O3S/c16-12-3-4-14(17)15(10-12)23(20,21)19-7-5-18(6-8-19)11-13-2-1-9-22-13/h1-4,9-10H,5-8,11H2. The summed E-state index contributed by atoms with van der Waals surface area (Å²) in [6.07, 6.45) is 1.59. The number of halogens is 2. The molecule has 1 aliphatic heterocycles. The third-order valence-corrected chi connectivity index (χ3v) is 5.72. The van der Waals surface area contributed by atoms with Gasteiger partial charge >= 0.3 is 0 Å². The second-order valence-corrected chi connectivity index (χ2v) is 7.24. The van der Waals surface area contributed by atoms with Crippen molar-refractivity contribution in [3.8, 4) is 0 Å². The Hall–Kier alpha value is -1.77. The highest BCUT2D eigenvalue weighted by atomic mass is 32.2. The predicted octanol–water partition coefficient (Wildman–Crippen LogP) is 2.06. The lowest BCUT2D eigenvalue weighted by molar-refractivity contribution is 0.170. The second kappa shape index (κ2) is 6.38. The highest BCUT2D eigenvalue weighted by molar-refractivity contribution is 7.89. The molecule has 1 aromatic carbocycles. The minimum atomic E-state index is -4.03. The summed E-state index contributed by atoms with van der Waals surface area (Å²) in [6, 6.07) is 6.10. The fraction of sp³-hybridized carbons (Fsp3) is 0.333.